The minimum absolute atomic E-state index is 0.499. The maximum atomic E-state index is 10.4. The number of benzene rings is 1. The Morgan fingerprint density at radius 3 is 2.76 bits per heavy atom. The van der Waals surface area contributed by atoms with Crippen LogP contribution >= 0.6 is 45.5 Å². The second-order valence-electron chi connectivity index (χ2n) is 7.07. The van der Waals surface area contributed by atoms with Gasteiger partial charge in [-0.1, -0.05) is 46.3 Å². The monoisotopic (exact) mass is 549 g/mol. The van der Waals surface area contributed by atoms with Crippen molar-refractivity contribution in [2.75, 3.05) is 11.0 Å². The summed E-state index contributed by atoms with van der Waals surface area (Å²) in [7, 11) is 0. The number of aliphatic hydroxyl groups is 3. The van der Waals surface area contributed by atoms with Gasteiger partial charge in [0.15, 0.2) is 0 Å². The predicted octanol–water partition coefficient (Wildman–Crippen LogP) is 3.11. The first-order valence-corrected chi connectivity index (χ1v) is 12.0. The van der Waals surface area contributed by atoms with E-state index in [1.165, 1.54) is 0 Å². The van der Waals surface area contributed by atoms with Crippen LogP contribution in [0.15, 0.2) is 30.5 Å². The Bertz CT molecular complexity index is 905. The van der Waals surface area contributed by atoms with Crippen LogP contribution in [0.1, 0.15) is 33.5 Å². The molecule has 0 aliphatic carbocycles. The SMILES string of the molecule is O[C@@H]1[C@@H](O)[C@H](c2ccc(Cl)c(Cc3ncc(C4=CCCO4)s3)c2)O[C@H](CI)[C@H]1O. The van der Waals surface area contributed by atoms with E-state index in [2.05, 4.69) is 33.7 Å². The van der Waals surface area contributed by atoms with E-state index < -0.39 is 30.5 Å². The molecule has 2 aliphatic rings. The molecular weight excluding hydrogens is 529 g/mol. The molecule has 1 fully saturated rings. The average molecular weight is 550 g/mol. The van der Waals surface area contributed by atoms with Gasteiger partial charge in [0.1, 0.15) is 30.2 Å². The molecule has 0 radical (unpaired) electrons. The quantitative estimate of drug-likeness (QED) is 0.392. The molecule has 2 aromatic rings. The van der Waals surface area contributed by atoms with E-state index in [0.29, 0.717) is 28.0 Å². The zero-order valence-corrected chi connectivity index (χ0v) is 19.1. The van der Waals surface area contributed by atoms with E-state index in [-0.39, 0.29) is 0 Å². The molecule has 5 atom stereocenters. The molecule has 9 heteroatoms. The summed E-state index contributed by atoms with van der Waals surface area (Å²) in [6.45, 7) is 0.707. The first-order valence-electron chi connectivity index (χ1n) is 9.30. The van der Waals surface area contributed by atoms with Gasteiger partial charge in [0.05, 0.1) is 22.6 Å². The summed E-state index contributed by atoms with van der Waals surface area (Å²) in [6.07, 6.45) is 0.415. The number of ether oxygens (including phenoxy) is 2. The summed E-state index contributed by atoms with van der Waals surface area (Å²) in [5.74, 6) is 0.879. The highest BCUT2D eigenvalue weighted by Crippen LogP contribution is 2.35. The lowest BCUT2D eigenvalue weighted by Gasteiger charge is -2.40. The van der Waals surface area contributed by atoms with Gasteiger partial charge >= 0.3 is 0 Å². The Labute approximate surface area is 191 Å². The van der Waals surface area contributed by atoms with Gasteiger partial charge in [-0.2, -0.15) is 0 Å². The average Bonchev–Trinajstić information content (AvgIpc) is 3.40. The van der Waals surface area contributed by atoms with Crippen molar-refractivity contribution in [1.82, 2.24) is 4.98 Å². The summed E-state index contributed by atoms with van der Waals surface area (Å²) in [5.41, 5.74) is 1.56. The first kappa shape index (κ1) is 21.5. The van der Waals surface area contributed by atoms with Gasteiger partial charge in [-0.25, -0.2) is 4.98 Å². The zero-order chi connectivity index (χ0) is 20.5. The number of halogens is 2. The maximum absolute atomic E-state index is 10.4. The molecule has 3 heterocycles. The van der Waals surface area contributed by atoms with E-state index in [9.17, 15) is 15.3 Å². The zero-order valence-electron chi connectivity index (χ0n) is 15.4. The van der Waals surface area contributed by atoms with Gasteiger partial charge in [0.2, 0.25) is 0 Å². The Morgan fingerprint density at radius 1 is 1.21 bits per heavy atom. The van der Waals surface area contributed by atoms with Crippen LogP contribution < -0.4 is 0 Å². The molecule has 156 valence electrons. The largest absolute Gasteiger partial charge is 0.492 e. The summed E-state index contributed by atoms with van der Waals surface area (Å²) in [6, 6.07) is 5.41. The van der Waals surface area contributed by atoms with Gasteiger partial charge in [0, 0.05) is 28.5 Å². The lowest BCUT2D eigenvalue weighted by atomic mass is 9.91. The highest BCUT2D eigenvalue weighted by molar-refractivity contribution is 14.1. The summed E-state index contributed by atoms with van der Waals surface area (Å²) in [4.78, 5) is 5.48. The van der Waals surface area contributed by atoms with Crippen molar-refractivity contribution < 1.29 is 24.8 Å². The second-order valence-corrected chi connectivity index (χ2v) is 9.48. The Hall–Kier alpha value is -0.750. The fraction of sp³-hybridized carbons (Fsp3) is 0.450. The standard InChI is InChI=1S/C20H21ClINO5S/c21-12-4-3-10(20-19(26)18(25)17(24)14(8-22)28-20)6-11(12)7-16-23-9-15(29-16)13-2-1-5-27-13/h2-4,6,9,14,17-20,24-26H,1,5,7-8H2/t14-,17-,18+,19-,20+/m1/s1. The third-order valence-electron chi connectivity index (χ3n) is 5.11. The number of aromatic nitrogens is 1. The van der Waals surface area contributed by atoms with Crippen LogP contribution in [-0.2, 0) is 15.9 Å². The van der Waals surface area contributed by atoms with E-state index in [1.54, 1.807) is 23.5 Å². The fourth-order valence-corrected chi connectivity index (χ4v) is 5.37. The van der Waals surface area contributed by atoms with E-state index in [0.717, 1.165) is 27.6 Å². The van der Waals surface area contributed by atoms with Crippen molar-refractivity contribution in [3.63, 3.8) is 0 Å². The number of hydrogen-bond donors (Lipinski definition) is 3. The van der Waals surface area contributed by atoms with Gasteiger partial charge < -0.3 is 24.8 Å². The van der Waals surface area contributed by atoms with Crippen molar-refractivity contribution in [1.29, 1.82) is 0 Å². The highest BCUT2D eigenvalue weighted by Gasteiger charge is 2.43. The first-order chi connectivity index (χ1) is 14.0. The minimum atomic E-state index is -1.27. The van der Waals surface area contributed by atoms with E-state index >= 15 is 0 Å². The molecule has 1 aromatic heterocycles. The van der Waals surface area contributed by atoms with Gasteiger partial charge in [0.25, 0.3) is 0 Å². The van der Waals surface area contributed by atoms with Crippen LogP contribution in [0.4, 0.5) is 0 Å². The van der Waals surface area contributed by atoms with Crippen molar-refractivity contribution in [2.45, 2.75) is 43.4 Å². The molecule has 0 saturated carbocycles. The number of nitrogens with zero attached hydrogens (tertiary/aromatic N) is 1. The maximum Gasteiger partial charge on any atom is 0.134 e. The number of alkyl halides is 1. The molecule has 1 aromatic carbocycles. The molecule has 6 nitrogen and oxygen atoms in total. The smallest absolute Gasteiger partial charge is 0.134 e. The van der Waals surface area contributed by atoms with Crippen molar-refractivity contribution >= 4 is 51.3 Å². The molecule has 2 aliphatic heterocycles. The summed E-state index contributed by atoms with van der Waals surface area (Å²) in [5, 5.41) is 32.2. The van der Waals surface area contributed by atoms with Gasteiger partial charge in [-0.15, -0.1) is 11.3 Å². The van der Waals surface area contributed by atoms with Crippen LogP contribution in [0.2, 0.25) is 5.02 Å². The van der Waals surface area contributed by atoms with Crippen LogP contribution in [0, 0.1) is 0 Å². The minimum Gasteiger partial charge on any atom is -0.492 e. The number of aliphatic hydroxyl groups excluding tert-OH is 3. The van der Waals surface area contributed by atoms with Gasteiger partial charge in [-0.3, -0.25) is 0 Å². The van der Waals surface area contributed by atoms with Crippen molar-refractivity contribution in [3.8, 4) is 0 Å². The lowest BCUT2D eigenvalue weighted by Crippen LogP contribution is -2.54. The Kier molecular flexibility index (Phi) is 6.79. The Balaban J connectivity index is 1.56. The third-order valence-corrected chi connectivity index (χ3v) is 7.35. The molecule has 3 N–H and O–H groups in total. The van der Waals surface area contributed by atoms with E-state index in [4.69, 9.17) is 21.1 Å². The predicted molar refractivity (Wildman–Crippen MR) is 119 cm³/mol. The van der Waals surface area contributed by atoms with Crippen LogP contribution in [0.3, 0.4) is 0 Å². The summed E-state index contributed by atoms with van der Waals surface area (Å²) < 4.78 is 12.0. The molecule has 29 heavy (non-hydrogen) atoms. The molecular formula is C20H21ClINO5S. The topological polar surface area (TPSA) is 92.0 Å². The highest BCUT2D eigenvalue weighted by atomic mass is 127. The van der Waals surface area contributed by atoms with E-state index in [1.807, 2.05) is 12.3 Å². The molecule has 1 saturated heterocycles. The number of hydrogen-bond acceptors (Lipinski definition) is 7. The second kappa shape index (κ2) is 9.17. The summed E-state index contributed by atoms with van der Waals surface area (Å²) >= 11 is 10.1. The lowest BCUT2D eigenvalue weighted by molar-refractivity contribution is -0.217. The van der Waals surface area contributed by atoms with Crippen molar-refractivity contribution in [2.24, 2.45) is 0 Å². The van der Waals surface area contributed by atoms with Crippen LogP contribution in [0.5, 0.6) is 0 Å². The van der Waals surface area contributed by atoms with Gasteiger partial charge in [-0.05, 0) is 23.3 Å². The Morgan fingerprint density at radius 2 is 2.03 bits per heavy atom. The fourth-order valence-electron chi connectivity index (χ4n) is 3.52. The molecule has 0 bridgehead atoms. The molecule has 0 amide bonds. The molecule has 0 unspecified atom stereocenters. The van der Waals surface area contributed by atoms with Crippen molar-refractivity contribution in [3.05, 3.63) is 56.5 Å². The third kappa shape index (κ3) is 4.48. The molecule has 4 rings (SSSR count). The number of thiazole rings is 1. The van der Waals surface area contributed by atoms with Crippen LogP contribution in [-0.4, -0.2) is 55.8 Å². The number of rotatable bonds is 5. The van der Waals surface area contributed by atoms with Crippen LogP contribution in [0.25, 0.3) is 5.76 Å². The normalized spacial score (nSPS) is 29.6. The molecule has 0 spiro atoms.